The van der Waals surface area contributed by atoms with E-state index >= 15 is 0 Å². The molecule has 0 aliphatic carbocycles. The van der Waals surface area contributed by atoms with E-state index in [-0.39, 0.29) is 17.1 Å². The Morgan fingerprint density at radius 3 is 2.15 bits per heavy atom. The van der Waals surface area contributed by atoms with Crippen LogP contribution in [0.25, 0.3) is 11.2 Å². The molecule has 1 fully saturated rings. The van der Waals surface area contributed by atoms with Gasteiger partial charge in [0, 0.05) is 0 Å². The molecule has 34 heavy (non-hydrogen) atoms. The predicted molar refractivity (Wildman–Crippen MR) is 106 cm³/mol. The highest BCUT2D eigenvalue weighted by atomic mass is 31.3. The number of aromatic amines is 1. The van der Waals surface area contributed by atoms with E-state index < -0.39 is 59.7 Å². The first-order valence-corrected chi connectivity index (χ1v) is 13.1. The zero-order chi connectivity index (χ0) is 26.3. The third-order valence-corrected chi connectivity index (χ3v) is 7.50. The Kier molecular flexibility index (Phi) is 8.26. The summed E-state index contributed by atoms with van der Waals surface area (Å²) < 4.78 is 43.2. The van der Waals surface area contributed by atoms with E-state index in [1.165, 1.54) is 17.8 Å². The number of fused-ring (bicyclic) bond motifs is 1. The third kappa shape index (κ3) is 6.75. The molecule has 2 aromatic heterocycles. The van der Waals surface area contributed by atoms with Gasteiger partial charge in [-0.25, -0.2) is 18.7 Å². The normalized spacial score (nSPS) is 25.9. The number of nitrogens with one attached hydrogen (secondary N) is 1. The molecule has 4 atom stereocenters. The minimum absolute atomic E-state index is 0.0307. The van der Waals surface area contributed by atoms with Crippen LogP contribution in [0.3, 0.4) is 0 Å². The zero-order valence-electron chi connectivity index (χ0n) is 16.7. The summed E-state index contributed by atoms with van der Waals surface area (Å²) in [7, 11) is -16.2. The van der Waals surface area contributed by atoms with Crippen molar-refractivity contribution in [1.82, 2.24) is 19.5 Å². The Morgan fingerprint density at radius 1 is 1.18 bits per heavy atom. The second-order valence-corrected chi connectivity index (χ2v) is 10.9. The average Bonchev–Trinajstić information content (AvgIpc) is 3.14. The van der Waals surface area contributed by atoms with Gasteiger partial charge in [0.25, 0.3) is 5.56 Å². The number of nitrogens with zero attached hydrogens (tertiary/aromatic N) is 3. The number of hydrogen-bond acceptors (Lipinski definition) is 13. The molecule has 20 nitrogen and oxygen atoms in total. The van der Waals surface area contributed by atoms with Crippen molar-refractivity contribution in [2.45, 2.75) is 31.0 Å². The van der Waals surface area contributed by atoms with E-state index in [2.05, 4.69) is 23.6 Å². The topological polar surface area (TPSA) is 330 Å². The lowest BCUT2D eigenvalue weighted by Crippen LogP contribution is -2.43. The summed E-state index contributed by atoms with van der Waals surface area (Å²) in [6.07, 6.45) is -2.31. The van der Waals surface area contributed by atoms with Gasteiger partial charge in [-0.3, -0.25) is 14.3 Å². The molecule has 0 amide bonds. The van der Waals surface area contributed by atoms with Gasteiger partial charge in [0.1, 0.15) is 18.3 Å². The van der Waals surface area contributed by atoms with Crippen LogP contribution >= 0.6 is 23.5 Å². The van der Waals surface area contributed by atoms with Gasteiger partial charge in [-0.15, -0.1) is 0 Å². The second kappa shape index (κ2) is 9.81. The number of rotatable bonds is 6. The Hall–Kier alpha value is -1.60. The Labute approximate surface area is 187 Å². The number of ether oxygens (including phenoxy) is 1. The molecule has 23 heteroatoms. The molecule has 2 aromatic rings. The zero-order valence-corrected chi connectivity index (χ0v) is 19.4. The van der Waals surface area contributed by atoms with Gasteiger partial charge in [0.15, 0.2) is 16.9 Å². The molecule has 0 spiro atoms. The maximum atomic E-state index is 11.8. The molecule has 0 unspecified atom stereocenters. The van der Waals surface area contributed by atoms with Gasteiger partial charge in [0.05, 0.1) is 12.9 Å². The van der Waals surface area contributed by atoms with Crippen molar-refractivity contribution in [3.63, 3.8) is 0 Å². The third-order valence-electron chi connectivity index (χ3n) is 4.15. The first kappa shape index (κ1) is 28.6. The van der Waals surface area contributed by atoms with E-state index in [9.17, 15) is 33.8 Å². The van der Waals surface area contributed by atoms with Crippen LogP contribution in [-0.2, 0) is 32.8 Å². The monoisotopic (exact) mass is 555 g/mol. The van der Waals surface area contributed by atoms with Crippen molar-refractivity contribution in [3.05, 3.63) is 16.7 Å². The summed E-state index contributed by atoms with van der Waals surface area (Å²) in [6.45, 7) is 1.04. The summed E-state index contributed by atoms with van der Waals surface area (Å²) in [5.41, 5.74) is 3.70. The van der Waals surface area contributed by atoms with Gasteiger partial charge < -0.3 is 50.3 Å². The highest BCUT2D eigenvalue weighted by Crippen LogP contribution is 2.64. The van der Waals surface area contributed by atoms with Crippen LogP contribution in [-0.4, -0.2) is 84.2 Å². The molecule has 0 radical (unpaired) electrons. The summed E-state index contributed by atoms with van der Waals surface area (Å²) in [6, 6.07) is 0. The Balaban J connectivity index is 0.000000273. The van der Waals surface area contributed by atoms with Crippen LogP contribution < -0.4 is 11.3 Å². The number of aliphatic hydroxyl groups is 3. The first-order chi connectivity index (χ1) is 15.3. The van der Waals surface area contributed by atoms with Crippen LogP contribution in [0.1, 0.15) is 6.92 Å². The molecule has 194 valence electrons. The molecule has 1 aliphatic heterocycles. The van der Waals surface area contributed by atoms with Gasteiger partial charge in [-0.05, 0) is 6.92 Å². The fraction of sp³-hybridized carbons (Fsp3) is 0.545. The lowest BCUT2D eigenvalue weighted by atomic mass is 10.0. The van der Waals surface area contributed by atoms with Crippen molar-refractivity contribution < 1.29 is 66.8 Å². The van der Waals surface area contributed by atoms with E-state index in [0.29, 0.717) is 0 Å². The predicted octanol–water partition coefficient (Wildman–Crippen LogP) is -3.21. The van der Waals surface area contributed by atoms with Crippen molar-refractivity contribution in [2.75, 3.05) is 12.3 Å². The van der Waals surface area contributed by atoms with Crippen LogP contribution in [0.5, 0.6) is 0 Å². The number of nitrogens with two attached hydrogens (primary N) is 1. The first-order valence-electron chi connectivity index (χ1n) is 8.54. The SMILES string of the molecule is C[C@@]1(n2cnc3c(=O)[nH]c(N)nc32)O[C@H](CO)[C@@H](O)[C@H]1O.O=P(O)(O)OP(=O)(O)OP(=O)(O)O. The number of aliphatic hydroxyl groups excluding tert-OH is 3. The Morgan fingerprint density at radius 2 is 1.71 bits per heavy atom. The molecule has 11 N–H and O–H groups in total. The van der Waals surface area contributed by atoms with Crippen LogP contribution in [0, 0.1) is 0 Å². The summed E-state index contributed by atoms with van der Waals surface area (Å²) >= 11 is 0. The lowest BCUT2D eigenvalue weighted by molar-refractivity contribution is -0.132. The van der Waals surface area contributed by atoms with E-state index in [0.717, 1.165) is 0 Å². The quantitative estimate of drug-likeness (QED) is 0.157. The number of aromatic nitrogens is 4. The van der Waals surface area contributed by atoms with Crippen LogP contribution in [0.2, 0.25) is 0 Å². The molecule has 3 heterocycles. The van der Waals surface area contributed by atoms with Crippen molar-refractivity contribution in [3.8, 4) is 0 Å². The molecule has 1 aliphatic rings. The molecular weight excluding hydrogens is 535 g/mol. The maximum Gasteiger partial charge on any atom is 0.490 e. The number of nitrogen functional groups attached to an aromatic ring is 1. The van der Waals surface area contributed by atoms with Crippen LogP contribution in [0.15, 0.2) is 11.1 Å². The standard InChI is InChI=1S/C11H15N5O5.H5O10P3/c1-11(7(19)6(18)4(2-17)21-11)16-3-13-5-8(16)14-10(12)15-9(5)20;1-11(2,3)9-13(7,8)10-12(4,5)6/h3-4,6-7,17-19H,2H2,1H3,(H3,12,14,15,20);(H,7,8)(H2,1,2,3)(H2,4,5,6)/t4-,6-,7-,11-;/m1./s1. The highest BCUT2D eigenvalue weighted by Gasteiger charge is 2.53. The fourth-order valence-electron chi connectivity index (χ4n) is 2.85. The maximum absolute atomic E-state index is 11.8. The number of phosphoric acid groups is 3. The lowest BCUT2D eigenvalue weighted by Gasteiger charge is -2.29. The molecule has 0 saturated carbocycles. The minimum Gasteiger partial charge on any atom is -0.394 e. The van der Waals surface area contributed by atoms with Crippen LogP contribution in [0.4, 0.5) is 5.95 Å². The summed E-state index contributed by atoms with van der Waals surface area (Å²) in [5.74, 6) is -0.107. The largest absolute Gasteiger partial charge is 0.490 e. The van der Waals surface area contributed by atoms with Gasteiger partial charge in [-0.2, -0.15) is 13.6 Å². The molecule has 0 bridgehead atoms. The van der Waals surface area contributed by atoms with Gasteiger partial charge >= 0.3 is 23.5 Å². The number of anilines is 1. The van der Waals surface area contributed by atoms with Gasteiger partial charge in [-0.1, -0.05) is 0 Å². The average molecular weight is 555 g/mol. The molecule has 1 saturated heterocycles. The van der Waals surface area contributed by atoms with Crippen molar-refractivity contribution >= 4 is 40.6 Å². The number of imidazole rings is 1. The highest BCUT2D eigenvalue weighted by molar-refractivity contribution is 7.66. The molecule has 3 rings (SSSR count). The van der Waals surface area contributed by atoms with Crippen molar-refractivity contribution in [1.29, 1.82) is 0 Å². The molecular formula is C11H20N5O15P3. The van der Waals surface area contributed by atoms with E-state index in [1.54, 1.807) is 0 Å². The molecule has 0 aromatic carbocycles. The minimum atomic E-state index is -5.46. The van der Waals surface area contributed by atoms with E-state index in [4.69, 9.17) is 34.9 Å². The van der Waals surface area contributed by atoms with E-state index in [1.807, 2.05) is 0 Å². The fourth-order valence-corrected chi connectivity index (χ4v) is 5.38. The van der Waals surface area contributed by atoms with Gasteiger partial charge in [0.2, 0.25) is 5.95 Å². The number of H-pyrrole nitrogens is 1. The second-order valence-electron chi connectivity index (χ2n) is 6.68. The Bertz CT molecular complexity index is 1210. The smallest absolute Gasteiger partial charge is 0.394 e. The van der Waals surface area contributed by atoms with Crippen molar-refractivity contribution in [2.24, 2.45) is 0 Å². The summed E-state index contributed by atoms with van der Waals surface area (Å²) in [5, 5.41) is 29.3. The number of hydrogen-bond donors (Lipinski definition) is 10. The summed E-state index contributed by atoms with van der Waals surface area (Å²) in [4.78, 5) is 62.2.